The minimum absolute atomic E-state index is 0.0426. The highest BCUT2D eigenvalue weighted by Crippen LogP contribution is 2.26. The van der Waals surface area contributed by atoms with E-state index >= 15 is 0 Å². The van der Waals surface area contributed by atoms with Crippen LogP contribution >= 0.6 is 12.2 Å². The normalized spacial score (nSPS) is 16.0. The van der Waals surface area contributed by atoms with Gasteiger partial charge >= 0.3 is 5.97 Å². The largest absolute Gasteiger partial charge is 0.480 e. The van der Waals surface area contributed by atoms with Crippen LogP contribution in [0.5, 0.6) is 0 Å². The van der Waals surface area contributed by atoms with Crippen LogP contribution in [0, 0.1) is 6.92 Å². The first-order valence-electron chi connectivity index (χ1n) is 13.9. The maximum absolute atomic E-state index is 13.2. The lowest BCUT2D eigenvalue weighted by Gasteiger charge is -2.25. The summed E-state index contributed by atoms with van der Waals surface area (Å²) in [5.41, 5.74) is 3.65. The van der Waals surface area contributed by atoms with Crippen LogP contribution in [0.1, 0.15) is 36.0 Å². The molecule has 2 atom stereocenters. The monoisotopic (exact) mass is 608 g/mol. The number of thiocarbonyl (C=S) groups is 1. The second kappa shape index (κ2) is 14.4. The molecule has 3 aromatic rings. The molecule has 1 amide bonds. The maximum atomic E-state index is 13.2. The number of aliphatic carboxylic acids is 1. The van der Waals surface area contributed by atoms with E-state index in [9.17, 15) is 23.1 Å². The smallest absolute Gasteiger partial charge is 0.326 e. The first-order valence-corrected chi connectivity index (χ1v) is 15.8. The third-order valence-corrected chi connectivity index (χ3v) is 9.34. The lowest BCUT2D eigenvalue weighted by Crippen LogP contribution is -2.51. The number of amides is 1. The number of nitrogens with one attached hydrogen (secondary N) is 3. The number of carbonyl (C=O) groups is 2. The van der Waals surface area contributed by atoms with Crippen LogP contribution in [-0.2, 0) is 32.5 Å². The minimum Gasteiger partial charge on any atom is -0.480 e. The number of aryl methyl sites for hydroxylation is 2. The van der Waals surface area contributed by atoms with Crippen LogP contribution < -0.4 is 16.0 Å². The highest BCUT2D eigenvalue weighted by atomic mass is 32.2. The van der Waals surface area contributed by atoms with Crippen LogP contribution in [-0.4, -0.2) is 60.0 Å². The SMILES string of the molecule is Cc1ccc(S(=O)(=O)N2CCC[C@H]2C(=O)N[C@@H](Cc2ccc(NC(=S)NCCCc3ccccc3)cc2)C(=O)O)cc1. The van der Waals surface area contributed by atoms with Gasteiger partial charge in [0, 0.05) is 25.2 Å². The zero-order chi connectivity index (χ0) is 30.1. The molecule has 42 heavy (non-hydrogen) atoms. The van der Waals surface area contributed by atoms with Crippen molar-refractivity contribution in [1.29, 1.82) is 0 Å². The van der Waals surface area contributed by atoms with Gasteiger partial charge in [0.2, 0.25) is 15.9 Å². The fourth-order valence-electron chi connectivity index (χ4n) is 4.88. The summed E-state index contributed by atoms with van der Waals surface area (Å²) in [6.07, 6.45) is 2.77. The Bertz CT molecular complexity index is 1480. The summed E-state index contributed by atoms with van der Waals surface area (Å²) in [5.74, 6) is -1.81. The standard InChI is InChI=1S/C31H36N4O5S2/c1-22-11-17-26(18-12-22)42(39,40)35-20-6-10-28(35)29(36)34-27(30(37)38)21-24-13-15-25(16-14-24)33-31(41)32-19-5-9-23-7-3-2-4-8-23/h2-4,7-8,11-18,27-28H,5-6,9-10,19-21H2,1H3,(H,34,36)(H,37,38)(H2,32,33,41)/t27-,28-/m0/s1. The van der Waals surface area contributed by atoms with E-state index in [1.54, 1.807) is 36.4 Å². The van der Waals surface area contributed by atoms with Crippen molar-refractivity contribution in [2.75, 3.05) is 18.4 Å². The van der Waals surface area contributed by atoms with Crippen LogP contribution in [0.2, 0.25) is 0 Å². The Hall–Kier alpha value is -3.80. The van der Waals surface area contributed by atoms with Gasteiger partial charge in [0.1, 0.15) is 12.1 Å². The van der Waals surface area contributed by atoms with Gasteiger partial charge in [-0.25, -0.2) is 13.2 Å². The lowest BCUT2D eigenvalue weighted by molar-refractivity contribution is -0.142. The van der Waals surface area contributed by atoms with Crippen molar-refractivity contribution in [3.05, 3.63) is 95.6 Å². The lowest BCUT2D eigenvalue weighted by atomic mass is 10.0. The molecule has 9 nitrogen and oxygen atoms in total. The molecule has 0 radical (unpaired) electrons. The number of carboxylic acid groups (broad SMARTS) is 1. The third kappa shape index (κ3) is 8.37. The molecule has 11 heteroatoms. The number of sulfonamides is 1. The van der Waals surface area contributed by atoms with Gasteiger partial charge in [-0.2, -0.15) is 4.31 Å². The quantitative estimate of drug-likeness (QED) is 0.180. The van der Waals surface area contributed by atoms with E-state index in [-0.39, 0.29) is 17.9 Å². The molecule has 1 heterocycles. The molecule has 3 aromatic carbocycles. The fraction of sp³-hybridized carbons (Fsp3) is 0.323. The third-order valence-electron chi connectivity index (χ3n) is 7.17. The molecular formula is C31H36N4O5S2. The molecule has 1 saturated heterocycles. The second-order valence-electron chi connectivity index (χ2n) is 10.4. The van der Waals surface area contributed by atoms with Crippen molar-refractivity contribution in [2.24, 2.45) is 0 Å². The predicted molar refractivity (Wildman–Crippen MR) is 167 cm³/mol. The average molecular weight is 609 g/mol. The van der Waals surface area contributed by atoms with Crippen LogP contribution in [0.3, 0.4) is 0 Å². The topological polar surface area (TPSA) is 128 Å². The molecule has 1 aliphatic rings. The van der Waals surface area contributed by atoms with Crippen LogP contribution in [0.15, 0.2) is 83.8 Å². The molecule has 1 fully saturated rings. The molecule has 0 unspecified atom stereocenters. The van der Waals surface area contributed by atoms with E-state index in [1.165, 1.54) is 22.0 Å². The average Bonchev–Trinajstić information content (AvgIpc) is 3.48. The number of carbonyl (C=O) groups excluding carboxylic acids is 1. The van der Waals surface area contributed by atoms with Crippen molar-refractivity contribution >= 4 is 44.9 Å². The molecule has 0 aromatic heterocycles. The van der Waals surface area contributed by atoms with E-state index in [1.807, 2.05) is 25.1 Å². The Morgan fingerprint density at radius 1 is 1.00 bits per heavy atom. The van der Waals surface area contributed by atoms with Gasteiger partial charge < -0.3 is 21.1 Å². The summed E-state index contributed by atoms with van der Waals surface area (Å²) < 4.78 is 27.6. The number of hydrogen-bond donors (Lipinski definition) is 4. The van der Waals surface area contributed by atoms with E-state index in [0.29, 0.717) is 23.5 Å². The van der Waals surface area contributed by atoms with E-state index in [0.717, 1.165) is 30.6 Å². The Labute approximate surface area is 252 Å². The van der Waals surface area contributed by atoms with Gasteiger partial charge in [0.05, 0.1) is 4.90 Å². The second-order valence-corrected chi connectivity index (χ2v) is 12.7. The van der Waals surface area contributed by atoms with Gasteiger partial charge in [0.25, 0.3) is 0 Å². The summed E-state index contributed by atoms with van der Waals surface area (Å²) >= 11 is 5.38. The fourth-order valence-corrected chi connectivity index (χ4v) is 6.75. The highest BCUT2D eigenvalue weighted by Gasteiger charge is 2.40. The summed E-state index contributed by atoms with van der Waals surface area (Å²) in [5, 5.41) is 19.2. The number of nitrogens with zero attached hydrogens (tertiary/aromatic N) is 1. The molecule has 0 aliphatic carbocycles. The zero-order valence-electron chi connectivity index (χ0n) is 23.5. The van der Waals surface area contributed by atoms with E-state index in [2.05, 4.69) is 28.1 Å². The van der Waals surface area contributed by atoms with Gasteiger partial charge in [-0.15, -0.1) is 0 Å². The molecular weight excluding hydrogens is 572 g/mol. The number of benzene rings is 3. The molecule has 1 aliphatic heterocycles. The molecule has 4 N–H and O–H groups in total. The molecule has 0 bridgehead atoms. The summed E-state index contributed by atoms with van der Waals surface area (Å²) in [6, 6.07) is 21.6. The predicted octanol–water partition coefficient (Wildman–Crippen LogP) is 3.88. The van der Waals surface area contributed by atoms with Crippen molar-refractivity contribution in [2.45, 2.75) is 56.0 Å². The Morgan fingerprint density at radius 3 is 2.36 bits per heavy atom. The first kappa shape index (κ1) is 31.1. The first-order chi connectivity index (χ1) is 20.1. The highest BCUT2D eigenvalue weighted by molar-refractivity contribution is 7.89. The number of hydrogen-bond acceptors (Lipinski definition) is 5. The van der Waals surface area contributed by atoms with Gasteiger partial charge in [0.15, 0.2) is 5.11 Å². The summed E-state index contributed by atoms with van der Waals surface area (Å²) in [4.78, 5) is 25.3. The Balaban J connectivity index is 1.29. The Kier molecular flexibility index (Phi) is 10.7. The van der Waals surface area contributed by atoms with Gasteiger partial charge in [-0.3, -0.25) is 4.79 Å². The number of anilines is 1. The van der Waals surface area contributed by atoms with Crippen molar-refractivity contribution < 1.29 is 23.1 Å². The van der Waals surface area contributed by atoms with Crippen LogP contribution in [0.25, 0.3) is 0 Å². The zero-order valence-corrected chi connectivity index (χ0v) is 25.1. The van der Waals surface area contributed by atoms with Crippen molar-refractivity contribution in [3.63, 3.8) is 0 Å². The molecule has 222 valence electrons. The molecule has 4 rings (SSSR count). The van der Waals surface area contributed by atoms with E-state index < -0.39 is 34.0 Å². The maximum Gasteiger partial charge on any atom is 0.326 e. The van der Waals surface area contributed by atoms with Gasteiger partial charge in [-0.1, -0.05) is 60.2 Å². The van der Waals surface area contributed by atoms with Crippen molar-refractivity contribution in [1.82, 2.24) is 14.9 Å². The molecule has 0 saturated carbocycles. The minimum atomic E-state index is -3.90. The summed E-state index contributed by atoms with van der Waals surface area (Å²) in [6.45, 7) is 2.79. The van der Waals surface area contributed by atoms with Crippen molar-refractivity contribution in [3.8, 4) is 0 Å². The number of rotatable bonds is 12. The number of carboxylic acids is 1. The van der Waals surface area contributed by atoms with Crippen LogP contribution in [0.4, 0.5) is 5.69 Å². The molecule has 0 spiro atoms. The van der Waals surface area contributed by atoms with Gasteiger partial charge in [-0.05, 0) is 80.2 Å². The van der Waals surface area contributed by atoms with E-state index in [4.69, 9.17) is 12.2 Å². The Morgan fingerprint density at radius 2 is 1.69 bits per heavy atom. The summed E-state index contributed by atoms with van der Waals surface area (Å²) in [7, 11) is -3.90.